The van der Waals surface area contributed by atoms with Gasteiger partial charge in [-0.1, -0.05) is 6.42 Å². The third-order valence-corrected chi connectivity index (χ3v) is 5.24. The summed E-state index contributed by atoms with van der Waals surface area (Å²) in [5.41, 5.74) is 1.29. The van der Waals surface area contributed by atoms with Gasteiger partial charge in [0.1, 0.15) is 5.82 Å². The first kappa shape index (κ1) is 13.8. The second-order valence-corrected chi connectivity index (χ2v) is 6.73. The van der Waals surface area contributed by atoms with E-state index in [0.29, 0.717) is 5.92 Å². The van der Waals surface area contributed by atoms with Gasteiger partial charge in [-0.25, -0.2) is 4.98 Å². The van der Waals surface area contributed by atoms with Crippen LogP contribution in [-0.4, -0.2) is 27.6 Å². The average Bonchev–Trinajstić information content (AvgIpc) is 3.00. The maximum atomic E-state index is 4.70. The molecule has 2 aromatic rings. The molecular formula is C18H24N4. The molecule has 1 saturated carbocycles. The molecule has 1 atom stereocenters. The van der Waals surface area contributed by atoms with Crippen molar-refractivity contribution in [1.82, 2.24) is 14.5 Å². The highest BCUT2D eigenvalue weighted by molar-refractivity contribution is 5.45. The topological polar surface area (TPSA) is 34.0 Å². The molecule has 2 aromatic heterocycles. The molecule has 116 valence electrons. The van der Waals surface area contributed by atoms with Gasteiger partial charge < -0.3 is 9.47 Å². The second kappa shape index (κ2) is 6.11. The van der Waals surface area contributed by atoms with E-state index in [1.165, 1.54) is 50.2 Å². The number of piperidine rings is 1. The van der Waals surface area contributed by atoms with Gasteiger partial charge in [0, 0.05) is 56.0 Å². The summed E-state index contributed by atoms with van der Waals surface area (Å²) in [6.45, 7) is 3.39. The molecule has 4 rings (SSSR count). The highest BCUT2D eigenvalue weighted by atomic mass is 15.2. The van der Waals surface area contributed by atoms with E-state index in [-0.39, 0.29) is 0 Å². The molecule has 1 aliphatic heterocycles. The lowest BCUT2D eigenvalue weighted by Gasteiger charge is -2.35. The summed E-state index contributed by atoms with van der Waals surface area (Å²) in [4.78, 5) is 11.3. The van der Waals surface area contributed by atoms with Crippen LogP contribution in [0.25, 0.3) is 0 Å². The number of hydrogen-bond donors (Lipinski definition) is 0. The summed E-state index contributed by atoms with van der Waals surface area (Å²) < 4.78 is 2.42. The van der Waals surface area contributed by atoms with Crippen LogP contribution in [0.5, 0.6) is 0 Å². The number of rotatable bonds is 4. The molecule has 0 radical (unpaired) electrons. The molecule has 2 fully saturated rings. The van der Waals surface area contributed by atoms with Gasteiger partial charge in [-0.05, 0) is 43.7 Å². The molecule has 3 heterocycles. The van der Waals surface area contributed by atoms with Crippen LogP contribution in [0.15, 0.2) is 36.9 Å². The highest BCUT2D eigenvalue weighted by Gasteiger charge is 2.26. The van der Waals surface area contributed by atoms with Crippen molar-refractivity contribution in [2.24, 2.45) is 5.92 Å². The molecule has 1 aliphatic carbocycles. The van der Waals surface area contributed by atoms with E-state index in [9.17, 15) is 0 Å². The highest BCUT2D eigenvalue weighted by Crippen LogP contribution is 2.32. The number of imidazole rings is 1. The van der Waals surface area contributed by atoms with Crippen molar-refractivity contribution >= 4 is 5.69 Å². The summed E-state index contributed by atoms with van der Waals surface area (Å²) in [6, 6.07) is 4.23. The van der Waals surface area contributed by atoms with Crippen molar-refractivity contribution in [2.75, 3.05) is 18.0 Å². The summed E-state index contributed by atoms with van der Waals surface area (Å²) in [7, 11) is 0. The molecular weight excluding hydrogens is 272 g/mol. The first-order valence-electron chi connectivity index (χ1n) is 8.56. The molecule has 0 spiro atoms. The van der Waals surface area contributed by atoms with Crippen molar-refractivity contribution in [3.8, 4) is 0 Å². The Kier molecular flexibility index (Phi) is 3.83. The Hall–Kier alpha value is -1.84. The fraction of sp³-hybridized carbons (Fsp3) is 0.556. The summed E-state index contributed by atoms with van der Waals surface area (Å²) >= 11 is 0. The van der Waals surface area contributed by atoms with Gasteiger partial charge in [0.2, 0.25) is 0 Å². The number of pyridine rings is 1. The fourth-order valence-corrected chi connectivity index (χ4v) is 3.77. The third-order valence-electron chi connectivity index (χ3n) is 5.24. The minimum atomic E-state index is 0.553. The van der Waals surface area contributed by atoms with Gasteiger partial charge in [0.25, 0.3) is 0 Å². The molecule has 4 heteroatoms. The maximum Gasteiger partial charge on any atom is 0.113 e. The second-order valence-electron chi connectivity index (χ2n) is 6.73. The van der Waals surface area contributed by atoms with Crippen molar-refractivity contribution in [2.45, 2.75) is 44.6 Å². The number of nitrogens with zero attached hydrogens (tertiary/aromatic N) is 4. The maximum absolute atomic E-state index is 4.70. The zero-order valence-corrected chi connectivity index (χ0v) is 13.1. The minimum absolute atomic E-state index is 0.553. The molecule has 0 N–H and O–H groups in total. The van der Waals surface area contributed by atoms with Crippen LogP contribution in [0.2, 0.25) is 0 Å². The lowest BCUT2D eigenvalue weighted by Crippen LogP contribution is -2.35. The SMILES string of the molecule is c1cc(N2CCCC(c3nccn3CC3CCC3)C2)ccn1. The molecule has 1 unspecified atom stereocenters. The van der Waals surface area contributed by atoms with E-state index in [1.54, 1.807) is 0 Å². The van der Waals surface area contributed by atoms with E-state index in [1.807, 2.05) is 18.6 Å². The summed E-state index contributed by atoms with van der Waals surface area (Å²) in [5.74, 6) is 2.73. The van der Waals surface area contributed by atoms with Gasteiger partial charge in [-0.2, -0.15) is 0 Å². The lowest BCUT2D eigenvalue weighted by atomic mass is 9.85. The average molecular weight is 296 g/mol. The predicted molar refractivity (Wildman–Crippen MR) is 88.0 cm³/mol. The molecule has 22 heavy (non-hydrogen) atoms. The van der Waals surface area contributed by atoms with Gasteiger partial charge >= 0.3 is 0 Å². The Bertz CT molecular complexity index is 603. The molecule has 0 aromatic carbocycles. The lowest BCUT2D eigenvalue weighted by molar-refractivity contribution is 0.270. The summed E-state index contributed by atoms with van der Waals surface area (Å²) in [5, 5.41) is 0. The van der Waals surface area contributed by atoms with Crippen LogP contribution in [0, 0.1) is 5.92 Å². The van der Waals surface area contributed by atoms with Crippen molar-refractivity contribution in [1.29, 1.82) is 0 Å². The van der Waals surface area contributed by atoms with E-state index in [0.717, 1.165) is 19.0 Å². The van der Waals surface area contributed by atoms with Gasteiger partial charge in [-0.15, -0.1) is 0 Å². The van der Waals surface area contributed by atoms with Crippen LogP contribution in [-0.2, 0) is 6.54 Å². The molecule has 1 saturated heterocycles. The van der Waals surface area contributed by atoms with Crippen LogP contribution in [0.1, 0.15) is 43.8 Å². The van der Waals surface area contributed by atoms with Crippen LogP contribution in [0.4, 0.5) is 5.69 Å². The predicted octanol–water partition coefficient (Wildman–Crippen LogP) is 3.46. The Morgan fingerprint density at radius 1 is 1.05 bits per heavy atom. The van der Waals surface area contributed by atoms with E-state index in [2.05, 4.69) is 32.8 Å². The van der Waals surface area contributed by atoms with Gasteiger partial charge in [-0.3, -0.25) is 4.98 Å². The molecule has 0 amide bonds. The van der Waals surface area contributed by atoms with Crippen molar-refractivity contribution in [3.05, 3.63) is 42.7 Å². The largest absolute Gasteiger partial charge is 0.371 e. The zero-order chi connectivity index (χ0) is 14.8. The zero-order valence-electron chi connectivity index (χ0n) is 13.1. The van der Waals surface area contributed by atoms with Crippen LogP contribution in [0.3, 0.4) is 0 Å². The van der Waals surface area contributed by atoms with Crippen molar-refractivity contribution < 1.29 is 0 Å². The minimum Gasteiger partial charge on any atom is -0.371 e. The Morgan fingerprint density at radius 3 is 2.68 bits per heavy atom. The van der Waals surface area contributed by atoms with E-state index < -0.39 is 0 Å². The third kappa shape index (κ3) is 2.74. The normalized spacial score (nSPS) is 22.5. The number of hydrogen-bond acceptors (Lipinski definition) is 3. The van der Waals surface area contributed by atoms with Gasteiger partial charge in [0.15, 0.2) is 0 Å². The monoisotopic (exact) mass is 296 g/mol. The Morgan fingerprint density at radius 2 is 1.91 bits per heavy atom. The Labute approximate surface area is 132 Å². The van der Waals surface area contributed by atoms with Gasteiger partial charge in [0.05, 0.1) is 0 Å². The van der Waals surface area contributed by atoms with Crippen LogP contribution < -0.4 is 4.90 Å². The smallest absolute Gasteiger partial charge is 0.113 e. The molecule has 2 aliphatic rings. The fourth-order valence-electron chi connectivity index (χ4n) is 3.77. The van der Waals surface area contributed by atoms with Crippen molar-refractivity contribution in [3.63, 3.8) is 0 Å². The molecule has 0 bridgehead atoms. The molecule has 4 nitrogen and oxygen atoms in total. The first-order chi connectivity index (χ1) is 10.9. The van der Waals surface area contributed by atoms with E-state index in [4.69, 9.17) is 4.98 Å². The van der Waals surface area contributed by atoms with Crippen LogP contribution >= 0.6 is 0 Å². The first-order valence-corrected chi connectivity index (χ1v) is 8.56. The number of aromatic nitrogens is 3. The summed E-state index contributed by atoms with van der Waals surface area (Å²) in [6.07, 6.45) is 14.6. The number of anilines is 1. The quantitative estimate of drug-likeness (QED) is 0.866. The van der Waals surface area contributed by atoms with E-state index >= 15 is 0 Å². The standard InChI is InChI=1S/C18H24N4/c1-3-15(4-1)13-22-12-10-20-18(22)16-5-2-11-21(14-16)17-6-8-19-9-7-17/h6-10,12,15-16H,1-5,11,13-14H2. The Balaban J connectivity index is 1.49.